The van der Waals surface area contributed by atoms with Gasteiger partial charge < -0.3 is 9.47 Å². The van der Waals surface area contributed by atoms with Crippen molar-refractivity contribution in [2.45, 2.75) is 19.6 Å². The van der Waals surface area contributed by atoms with Crippen LogP contribution in [0.15, 0.2) is 24.3 Å². The molecule has 0 saturated heterocycles. The largest absolute Gasteiger partial charge is 0.349 e. The lowest BCUT2D eigenvalue weighted by Gasteiger charge is -2.36. The van der Waals surface area contributed by atoms with Crippen molar-refractivity contribution < 1.29 is 9.47 Å². The molecule has 1 unspecified atom stereocenters. The molecular formula is C13H19ClO2. The van der Waals surface area contributed by atoms with Crippen LogP contribution in [0.1, 0.15) is 18.1 Å². The van der Waals surface area contributed by atoms with Crippen LogP contribution in [-0.2, 0) is 15.3 Å². The van der Waals surface area contributed by atoms with E-state index in [-0.39, 0.29) is 5.92 Å². The smallest absolute Gasteiger partial charge is 0.198 e. The molecule has 0 saturated carbocycles. The highest BCUT2D eigenvalue weighted by atomic mass is 35.5. The predicted molar refractivity (Wildman–Crippen MR) is 66.8 cm³/mol. The van der Waals surface area contributed by atoms with E-state index in [2.05, 4.69) is 6.92 Å². The Morgan fingerprint density at radius 2 is 1.69 bits per heavy atom. The van der Waals surface area contributed by atoms with Crippen LogP contribution in [0.4, 0.5) is 0 Å². The van der Waals surface area contributed by atoms with Crippen LogP contribution >= 0.6 is 11.6 Å². The maximum absolute atomic E-state index is 5.91. The molecule has 0 aliphatic rings. The van der Waals surface area contributed by atoms with E-state index in [0.29, 0.717) is 5.88 Å². The summed E-state index contributed by atoms with van der Waals surface area (Å²) in [5.74, 6) is -0.197. The number of hydrogen-bond acceptors (Lipinski definition) is 2. The molecule has 1 aromatic rings. The lowest BCUT2D eigenvalue weighted by Crippen LogP contribution is -2.38. The van der Waals surface area contributed by atoms with Gasteiger partial charge in [-0.2, -0.15) is 0 Å². The Morgan fingerprint density at radius 1 is 1.19 bits per heavy atom. The zero-order chi connectivity index (χ0) is 12.2. The van der Waals surface area contributed by atoms with E-state index in [9.17, 15) is 0 Å². The summed E-state index contributed by atoms with van der Waals surface area (Å²) in [5, 5.41) is 0. The molecule has 0 radical (unpaired) electrons. The van der Waals surface area contributed by atoms with Crippen LogP contribution in [-0.4, -0.2) is 20.1 Å². The summed E-state index contributed by atoms with van der Waals surface area (Å²) in [6.45, 7) is 4.07. The number of aryl methyl sites for hydroxylation is 1. The molecule has 0 fully saturated rings. The molecule has 0 aliphatic heterocycles. The summed E-state index contributed by atoms with van der Waals surface area (Å²) in [6, 6.07) is 8.13. The summed E-state index contributed by atoms with van der Waals surface area (Å²) in [5.41, 5.74) is 2.21. The first-order valence-corrected chi connectivity index (χ1v) is 5.87. The minimum Gasteiger partial charge on any atom is -0.349 e. The molecule has 0 amide bonds. The zero-order valence-corrected chi connectivity index (χ0v) is 11.0. The predicted octanol–water partition coefficient (Wildman–Crippen LogP) is 3.32. The highest BCUT2D eigenvalue weighted by Crippen LogP contribution is 2.34. The minimum atomic E-state index is -0.755. The van der Waals surface area contributed by atoms with Gasteiger partial charge >= 0.3 is 0 Å². The summed E-state index contributed by atoms with van der Waals surface area (Å²) >= 11 is 5.91. The third-order valence-corrected chi connectivity index (χ3v) is 3.40. The van der Waals surface area contributed by atoms with E-state index in [1.54, 1.807) is 14.2 Å². The first kappa shape index (κ1) is 13.5. The Bertz CT molecular complexity index is 317. The van der Waals surface area contributed by atoms with Gasteiger partial charge in [-0.05, 0) is 6.92 Å². The number of hydrogen-bond donors (Lipinski definition) is 0. The van der Waals surface area contributed by atoms with Crippen LogP contribution in [0, 0.1) is 12.8 Å². The van der Waals surface area contributed by atoms with E-state index in [1.165, 1.54) is 5.56 Å². The Hall–Kier alpha value is -0.570. The second-order valence-electron chi connectivity index (χ2n) is 4.00. The molecule has 1 atom stereocenters. The monoisotopic (exact) mass is 242 g/mol. The molecule has 3 heteroatoms. The quantitative estimate of drug-likeness (QED) is 0.583. The van der Waals surface area contributed by atoms with Gasteiger partial charge in [-0.25, -0.2) is 0 Å². The summed E-state index contributed by atoms with van der Waals surface area (Å²) < 4.78 is 11.1. The molecule has 0 bridgehead atoms. The first-order chi connectivity index (χ1) is 7.60. The fraction of sp³-hybridized carbons (Fsp3) is 0.538. The van der Waals surface area contributed by atoms with Crippen LogP contribution < -0.4 is 0 Å². The Labute approximate surface area is 103 Å². The molecule has 1 aromatic carbocycles. The highest BCUT2D eigenvalue weighted by Gasteiger charge is 2.37. The number of halogens is 1. The van der Waals surface area contributed by atoms with Gasteiger partial charge in [-0.1, -0.05) is 36.8 Å². The van der Waals surface area contributed by atoms with Crippen molar-refractivity contribution in [2.75, 3.05) is 20.1 Å². The minimum absolute atomic E-state index is 0.0758. The van der Waals surface area contributed by atoms with Gasteiger partial charge in [0.2, 0.25) is 0 Å². The number of alkyl halides is 1. The van der Waals surface area contributed by atoms with Crippen LogP contribution in [0.25, 0.3) is 0 Å². The fourth-order valence-electron chi connectivity index (χ4n) is 1.89. The van der Waals surface area contributed by atoms with Gasteiger partial charge in [0.1, 0.15) is 0 Å². The molecule has 90 valence electrons. The Kier molecular flexibility index (Phi) is 4.78. The average Bonchev–Trinajstić information content (AvgIpc) is 2.33. The molecule has 0 spiro atoms. The van der Waals surface area contributed by atoms with E-state index in [0.717, 1.165) is 5.56 Å². The number of ether oxygens (including phenoxy) is 2. The number of methoxy groups -OCH3 is 2. The molecule has 2 nitrogen and oxygen atoms in total. The van der Waals surface area contributed by atoms with Gasteiger partial charge in [0.15, 0.2) is 5.79 Å². The molecule has 1 rings (SSSR count). The van der Waals surface area contributed by atoms with Crippen molar-refractivity contribution >= 4 is 11.6 Å². The van der Waals surface area contributed by atoms with Gasteiger partial charge in [0.25, 0.3) is 0 Å². The molecule has 0 aromatic heterocycles. The Balaban J connectivity index is 3.14. The average molecular weight is 243 g/mol. The topological polar surface area (TPSA) is 18.5 Å². The van der Waals surface area contributed by atoms with Crippen molar-refractivity contribution in [3.8, 4) is 0 Å². The van der Waals surface area contributed by atoms with Gasteiger partial charge in [0, 0.05) is 31.6 Å². The van der Waals surface area contributed by atoms with Crippen LogP contribution in [0.5, 0.6) is 0 Å². The third-order valence-electron chi connectivity index (χ3n) is 2.94. The first-order valence-electron chi connectivity index (χ1n) is 5.34. The lowest BCUT2D eigenvalue weighted by atomic mass is 9.93. The van der Waals surface area contributed by atoms with Gasteiger partial charge in [-0.15, -0.1) is 11.6 Å². The van der Waals surface area contributed by atoms with E-state index in [4.69, 9.17) is 21.1 Å². The molecule has 0 N–H and O–H groups in total. The SMILES string of the molecule is COC(OC)(c1ccc(C)cc1)C(C)CCl. The number of rotatable bonds is 5. The second kappa shape index (κ2) is 5.67. The lowest BCUT2D eigenvalue weighted by molar-refractivity contribution is -0.242. The standard InChI is InChI=1S/C13H19ClO2/c1-10-5-7-12(8-6-10)13(15-3,16-4)11(2)9-14/h5-8,11H,9H2,1-4H3. The van der Waals surface area contributed by atoms with E-state index in [1.807, 2.05) is 31.2 Å². The fourth-order valence-corrected chi connectivity index (χ4v) is 2.10. The van der Waals surface area contributed by atoms with Crippen molar-refractivity contribution in [1.29, 1.82) is 0 Å². The zero-order valence-electron chi connectivity index (χ0n) is 10.3. The van der Waals surface area contributed by atoms with Crippen molar-refractivity contribution in [3.05, 3.63) is 35.4 Å². The van der Waals surface area contributed by atoms with Crippen LogP contribution in [0.2, 0.25) is 0 Å². The third kappa shape index (κ3) is 2.40. The van der Waals surface area contributed by atoms with Crippen LogP contribution in [0.3, 0.4) is 0 Å². The van der Waals surface area contributed by atoms with Crippen molar-refractivity contribution in [2.24, 2.45) is 5.92 Å². The van der Waals surface area contributed by atoms with Crippen molar-refractivity contribution in [3.63, 3.8) is 0 Å². The second-order valence-corrected chi connectivity index (χ2v) is 4.31. The normalized spacial score (nSPS) is 13.8. The summed E-state index contributed by atoms with van der Waals surface area (Å²) in [7, 11) is 3.29. The summed E-state index contributed by atoms with van der Waals surface area (Å²) in [4.78, 5) is 0. The van der Waals surface area contributed by atoms with E-state index < -0.39 is 5.79 Å². The highest BCUT2D eigenvalue weighted by molar-refractivity contribution is 6.18. The molecular weight excluding hydrogens is 224 g/mol. The molecule has 16 heavy (non-hydrogen) atoms. The maximum atomic E-state index is 5.91. The maximum Gasteiger partial charge on any atom is 0.198 e. The van der Waals surface area contributed by atoms with E-state index >= 15 is 0 Å². The number of benzene rings is 1. The molecule has 0 aliphatic carbocycles. The van der Waals surface area contributed by atoms with Crippen molar-refractivity contribution in [1.82, 2.24) is 0 Å². The van der Waals surface area contributed by atoms with Gasteiger partial charge in [0.05, 0.1) is 0 Å². The molecule has 0 heterocycles. The summed E-state index contributed by atoms with van der Waals surface area (Å²) in [6.07, 6.45) is 0. The Morgan fingerprint density at radius 3 is 2.06 bits per heavy atom. The van der Waals surface area contributed by atoms with Gasteiger partial charge in [-0.3, -0.25) is 0 Å².